The molecule has 2 N–H and O–H groups in total. The van der Waals surface area contributed by atoms with Crippen LogP contribution >= 0.6 is 0 Å². The van der Waals surface area contributed by atoms with Crippen molar-refractivity contribution in [2.75, 3.05) is 26.4 Å². The zero-order valence-electron chi connectivity index (χ0n) is 10.5. The number of nitrogens with one attached hydrogen (secondary N) is 2. The van der Waals surface area contributed by atoms with Gasteiger partial charge in [0, 0.05) is 19.3 Å². The maximum atomic E-state index is 13.6. The lowest BCUT2D eigenvalue weighted by molar-refractivity contribution is 0.560. The minimum atomic E-state index is -3.84. The normalized spacial score (nSPS) is 12.6. The van der Waals surface area contributed by atoms with Gasteiger partial charge in [-0.15, -0.1) is 0 Å². The molecule has 1 aromatic carbocycles. The van der Waals surface area contributed by atoms with Crippen LogP contribution in [0, 0.1) is 5.82 Å². The number of rotatable bonds is 6. The summed E-state index contributed by atoms with van der Waals surface area (Å²) >= 11 is 0. The van der Waals surface area contributed by atoms with E-state index in [1.807, 2.05) is 0 Å². The Bertz CT molecular complexity index is 656. The third-order valence-corrected chi connectivity index (χ3v) is 4.87. The minimum absolute atomic E-state index is 0.147. The third-order valence-electron chi connectivity index (χ3n) is 2.28. The predicted molar refractivity (Wildman–Crippen MR) is 68.6 cm³/mol. The van der Waals surface area contributed by atoms with Crippen molar-refractivity contribution in [1.29, 1.82) is 0 Å². The highest BCUT2D eigenvalue weighted by atomic mass is 32.2. The fourth-order valence-electron chi connectivity index (χ4n) is 1.34. The molecule has 1 aromatic rings. The molecule has 9 heteroatoms. The fraction of sp³-hybridized carbons (Fsp3) is 0.400. The molecule has 0 aliphatic heterocycles. The van der Waals surface area contributed by atoms with Crippen LogP contribution in [0.15, 0.2) is 28.0 Å². The molecule has 0 spiro atoms. The topological polar surface area (TPSA) is 92.3 Å². The Morgan fingerprint density at radius 1 is 1.16 bits per heavy atom. The number of halogens is 1. The Morgan fingerprint density at radius 3 is 2.26 bits per heavy atom. The average molecular weight is 310 g/mol. The minimum Gasteiger partial charge on any atom is -0.318 e. The van der Waals surface area contributed by atoms with Crippen molar-refractivity contribution < 1.29 is 21.2 Å². The Labute approximate surface area is 112 Å². The molecule has 0 aliphatic rings. The highest BCUT2D eigenvalue weighted by molar-refractivity contribution is 7.90. The molecular weight excluding hydrogens is 295 g/mol. The Balaban J connectivity index is 3.08. The molecule has 0 amide bonds. The molecule has 0 aromatic heterocycles. The van der Waals surface area contributed by atoms with E-state index in [-0.39, 0.29) is 11.4 Å². The van der Waals surface area contributed by atoms with E-state index in [0.717, 1.165) is 18.4 Å². The lowest BCUT2D eigenvalue weighted by Crippen LogP contribution is -2.30. The van der Waals surface area contributed by atoms with E-state index in [4.69, 9.17) is 0 Å². The first kappa shape index (κ1) is 16.0. The maximum absolute atomic E-state index is 13.6. The van der Waals surface area contributed by atoms with E-state index in [1.54, 1.807) is 7.05 Å². The summed E-state index contributed by atoms with van der Waals surface area (Å²) in [6, 6.07) is 2.69. The van der Waals surface area contributed by atoms with Crippen molar-refractivity contribution in [3.05, 3.63) is 24.0 Å². The summed E-state index contributed by atoms with van der Waals surface area (Å²) in [5.41, 5.74) is 0. The lowest BCUT2D eigenvalue weighted by atomic mass is 10.3. The van der Waals surface area contributed by atoms with Crippen LogP contribution in [0.25, 0.3) is 0 Å². The van der Waals surface area contributed by atoms with Gasteiger partial charge < -0.3 is 5.32 Å². The van der Waals surface area contributed by atoms with Gasteiger partial charge in [0.2, 0.25) is 10.0 Å². The van der Waals surface area contributed by atoms with E-state index >= 15 is 0 Å². The van der Waals surface area contributed by atoms with Gasteiger partial charge in [-0.2, -0.15) is 0 Å². The highest BCUT2D eigenvalue weighted by Gasteiger charge is 2.19. The summed E-state index contributed by atoms with van der Waals surface area (Å²) in [7, 11) is -5.90. The van der Waals surface area contributed by atoms with Gasteiger partial charge in [-0.05, 0) is 25.2 Å². The van der Waals surface area contributed by atoms with Crippen LogP contribution in [0.3, 0.4) is 0 Å². The summed E-state index contributed by atoms with van der Waals surface area (Å²) in [5.74, 6) is -1.08. The Morgan fingerprint density at radius 2 is 1.79 bits per heavy atom. The van der Waals surface area contributed by atoms with Crippen LogP contribution < -0.4 is 10.0 Å². The van der Waals surface area contributed by atoms with Crippen molar-refractivity contribution in [3.63, 3.8) is 0 Å². The largest absolute Gasteiger partial charge is 0.318 e. The quantitative estimate of drug-likeness (QED) is 0.706. The van der Waals surface area contributed by atoms with Crippen molar-refractivity contribution in [2.24, 2.45) is 0 Å². The lowest BCUT2D eigenvalue weighted by Gasteiger charge is -2.08. The Hall–Kier alpha value is -1.03. The van der Waals surface area contributed by atoms with Gasteiger partial charge in [-0.3, -0.25) is 0 Å². The van der Waals surface area contributed by atoms with E-state index in [9.17, 15) is 21.2 Å². The standard InChI is InChI=1S/C10H15FN2O4S2/c1-12-5-6-13-19(16,17)8-3-4-10(9(11)7-8)18(2,14)15/h3-4,7,12-13H,5-6H2,1-2H3. The number of sulfone groups is 1. The molecule has 0 bridgehead atoms. The van der Waals surface area contributed by atoms with Gasteiger partial charge >= 0.3 is 0 Å². The Kier molecular flexibility index (Phi) is 5.02. The second kappa shape index (κ2) is 5.95. The molecule has 0 radical (unpaired) electrons. The molecule has 0 unspecified atom stereocenters. The molecule has 0 heterocycles. The van der Waals surface area contributed by atoms with E-state index in [2.05, 4.69) is 10.0 Å². The van der Waals surface area contributed by atoms with Crippen molar-refractivity contribution >= 4 is 19.9 Å². The molecular formula is C10H15FN2O4S2. The van der Waals surface area contributed by atoms with E-state index < -0.39 is 30.6 Å². The first-order chi connectivity index (χ1) is 8.68. The number of hydrogen-bond donors (Lipinski definition) is 2. The SMILES string of the molecule is CNCCNS(=O)(=O)c1ccc(S(C)(=O)=O)c(F)c1. The number of benzene rings is 1. The van der Waals surface area contributed by atoms with Crippen LogP contribution in [0.5, 0.6) is 0 Å². The first-order valence-corrected chi connectivity index (χ1v) is 8.70. The first-order valence-electron chi connectivity index (χ1n) is 5.32. The molecule has 0 aliphatic carbocycles. The fourth-order valence-corrected chi connectivity index (χ4v) is 3.11. The number of likely N-dealkylation sites (N-methyl/N-ethyl adjacent to an activating group) is 1. The molecule has 0 atom stereocenters. The van der Waals surface area contributed by atoms with Crippen LogP contribution in [-0.2, 0) is 19.9 Å². The van der Waals surface area contributed by atoms with Crippen molar-refractivity contribution in [3.8, 4) is 0 Å². The predicted octanol–water partition coefficient (Wildman–Crippen LogP) is -0.273. The van der Waals surface area contributed by atoms with Crippen molar-refractivity contribution in [2.45, 2.75) is 9.79 Å². The third kappa shape index (κ3) is 4.23. The molecule has 0 saturated heterocycles. The molecule has 1 rings (SSSR count). The highest BCUT2D eigenvalue weighted by Crippen LogP contribution is 2.18. The molecule has 0 saturated carbocycles. The number of hydrogen-bond acceptors (Lipinski definition) is 5. The molecule has 6 nitrogen and oxygen atoms in total. The van der Waals surface area contributed by atoms with Gasteiger partial charge in [-0.1, -0.05) is 0 Å². The smallest absolute Gasteiger partial charge is 0.240 e. The molecule has 19 heavy (non-hydrogen) atoms. The summed E-state index contributed by atoms with van der Waals surface area (Å²) < 4.78 is 61.8. The molecule has 108 valence electrons. The van der Waals surface area contributed by atoms with Gasteiger partial charge in [0.15, 0.2) is 9.84 Å². The summed E-state index contributed by atoms with van der Waals surface area (Å²) in [6.07, 6.45) is 0.852. The summed E-state index contributed by atoms with van der Waals surface area (Å²) in [6.45, 7) is 0.567. The van der Waals surface area contributed by atoms with E-state index in [0.29, 0.717) is 12.6 Å². The summed E-state index contributed by atoms with van der Waals surface area (Å²) in [4.78, 5) is -0.838. The second-order valence-electron chi connectivity index (χ2n) is 3.87. The molecule has 0 fully saturated rings. The van der Waals surface area contributed by atoms with Crippen molar-refractivity contribution in [1.82, 2.24) is 10.0 Å². The number of sulfonamides is 1. The maximum Gasteiger partial charge on any atom is 0.240 e. The zero-order chi connectivity index (χ0) is 14.7. The second-order valence-corrected chi connectivity index (χ2v) is 7.62. The summed E-state index contributed by atoms with van der Waals surface area (Å²) in [5, 5.41) is 2.75. The van der Waals surface area contributed by atoms with Gasteiger partial charge in [0.05, 0.1) is 4.90 Å². The van der Waals surface area contributed by atoms with Gasteiger partial charge in [-0.25, -0.2) is 25.9 Å². The van der Waals surface area contributed by atoms with Gasteiger partial charge in [0.25, 0.3) is 0 Å². The van der Waals surface area contributed by atoms with Crippen LogP contribution in [0.4, 0.5) is 4.39 Å². The van der Waals surface area contributed by atoms with E-state index in [1.165, 1.54) is 0 Å². The van der Waals surface area contributed by atoms with Crippen LogP contribution in [-0.4, -0.2) is 43.2 Å². The van der Waals surface area contributed by atoms with Crippen LogP contribution in [0.2, 0.25) is 0 Å². The average Bonchev–Trinajstić information content (AvgIpc) is 2.27. The van der Waals surface area contributed by atoms with Crippen LogP contribution in [0.1, 0.15) is 0 Å². The zero-order valence-corrected chi connectivity index (χ0v) is 12.1. The van der Waals surface area contributed by atoms with Gasteiger partial charge in [0.1, 0.15) is 10.7 Å². The monoisotopic (exact) mass is 310 g/mol.